The first kappa shape index (κ1) is 20.5. The summed E-state index contributed by atoms with van der Waals surface area (Å²) in [6, 6.07) is 7.33. The van der Waals surface area contributed by atoms with Crippen LogP contribution in [0, 0.1) is 0 Å². The zero-order valence-corrected chi connectivity index (χ0v) is 17.6. The number of ether oxygens (including phenoxy) is 2. The highest BCUT2D eigenvalue weighted by Crippen LogP contribution is 2.22. The van der Waals surface area contributed by atoms with Crippen molar-refractivity contribution < 1.29 is 19.3 Å². The van der Waals surface area contributed by atoms with E-state index >= 15 is 0 Å². The Morgan fingerprint density at radius 2 is 2.00 bits per heavy atom. The van der Waals surface area contributed by atoms with Gasteiger partial charge in [-0.1, -0.05) is 0 Å². The van der Waals surface area contributed by atoms with Gasteiger partial charge in [-0.25, -0.2) is 4.68 Å². The number of aromatic amines is 1. The molecule has 1 atom stereocenters. The number of hydrogen-bond acceptors (Lipinski definition) is 6. The van der Waals surface area contributed by atoms with Crippen molar-refractivity contribution in [2.24, 2.45) is 0 Å². The van der Waals surface area contributed by atoms with Gasteiger partial charge in [0, 0.05) is 18.0 Å². The number of aromatic nitrogens is 5. The van der Waals surface area contributed by atoms with Crippen molar-refractivity contribution in [3.05, 3.63) is 46.0 Å². The van der Waals surface area contributed by atoms with Crippen molar-refractivity contribution in [3.63, 3.8) is 0 Å². The number of likely N-dealkylation sites (N-methyl/N-ethyl adjacent to an activating group) is 1. The number of nitrogens with zero attached hydrogens (tertiary/aromatic N) is 4. The second-order valence-electron chi connectivity index (χ2n) is 7.81. The quantitative estimate of drug-likeness (QED) is 0.400. The van der Waals surface area contributed by atoms with Crippen molar-refractivity contribution >= 4 is 10.9 Å². The van der Waals surface area contributed by atoms with Crippen LogP contribution >= 0.6 is 0 Å². The third-order valence-electron chi connectivity index (χ3n) is 5.87. The molecule has 3 aromatic rings. The molecular formula is C20H29N7O3+2. The Balaban J connectivity index is 1.82. The number of benzene rings is 1. The molecule has 2 aromatic heterocycles. The summed E-state index contributed by atoms with van der Waals surface area (Å²) in [5.74, 6) is 1.44. The largest absolute Gasteiger partial charge is 0.497 e. The van der Waals surface area contributed by atoms with Gasteiger partial charge in [0.15, 0.2) is 6.04 Å². The van der Waals surface area contributed by atoms with Crippen LogP contribution in [-0.4, -0.2) is 79.2 Å². The van der Waals surface area contributed by atoms with Crippen LogP contribution in [0.15, 0.2) is 29.1 Å². The van der Waals surface area contributed by atoms with E-state index in [-0.39, 0.29) is 11.6 Å². The average molecular weight is 415 g/mol. The fourth-order valence-corrected chi connectivity index (χ4v) is 4.13. The number of piperazine rings is 1. The third-order valence-corrected chi connectivity index (χ3v) is 5.87. The number of methoxy groups -OCH3 is 2. The van der Waals surface area contributed by atoms with Gasteiger partial charge in [-0.2, -0.15) is 0 Å². The summed E-state index contributed by atoms with van der Waals surface area (Å²) in [6.45, 7) is 4.97. The number of hydrogen-bond donors (Lipinski definition) is 3. The second-order valence-corrected chi connectivity index (χ2v) is 7.81. The van der Waals surface area contributed by atoms with Crippen LogP contribution < -0.4 is 20.1 Å². The Kier molecular flexibility index (Phi) is 6.07. The first-order valence-corrected chi connectivity index (χ1v) is 10.2. The topological polar surface area (TPSA) is 104 Å². The molecule has 1 aromatic carbocycles. The zero-order valence-electron chi connectivity index (χ0n) is 17.6. The summed E-state index contributed by atoms with van der Waals surface area (Å²) in [4.78, 5) is 19.0. The minimum atomic E-state index is -0.260. The molecule has 0 saturated carbocycles. The van der Waals surface area contributed by atoms with E-state index in [0.29, 0.717) is 24.5 Å². The molecule has 0 spiro atoms. The fourth-order valence-electron chi connectivity index (χ4n) is 4.13. The van der Waals surface area contributed by atoms with Crippen molar-refractivity contribution in [2.75, 3.05) is 54.1 Å². The number of tetrazole rings is 1. The maximum Gasteiger partial charge on any atom is 0.258 e. The predicted octanol–water partition coefficient (Wildman–Crippen LogP) is -2.33. The fraction of sp³-hybridized carbons (Fsp3) is 0.500. The van der Waals surface area contributed by atoms with Crippen molar-refractivity contribution in [1.82, 2.24) is 25.2 Å². The third kappa shape index (κ3) is 4.07. The second kappa shape index (κ2) is 8.90. The van der Waals surface area contributed by atoms with E-state index in [1.807, 2.05) is 24.3 Å². The Morgan fingerprint density at radius 3 is 2.73 bits per heavy atom. The summed E-state index contributed by atoms with van der Waals surface area (Å²) < 4.78 is 12.3. The van der Waals surface area contributed by atoms with E-state index in [1.165, 1.54) is 9.80 Å². The van der Waals surface area contributed by atoms with Gasteiger partial charge in [0.1, 0.15) is 31.9 Å². The van der Waals surface area contributed by atoms with Gasteiger partial charge in [-0.3, -0.25) is 4.79 Å². The van der Waals surface area contributed by atoms with Gasteiger partial charge in [0.05, 0.1) is 32.9 Å². The maximum atomic E-state index is 13.1. The first-order valence-electron chi connectivity index (χ1n) is 10.2. The molecule has 0 radical (unpaired) electrons. The molecule has 10 heteroatoms. The molecule has 10 nitrogen and oxygen atoms in total. The lowest BCUT2D eigenvalue weighted by molar-refractivity contribution is -1.02. The van der Waals surface area contributed by atoms with E-state index in [1.54, 1.807) is 18.9 Å². The molecule has 1 aliphatic heterocycles. The molecule has 1 aliphatic rings. The SMILES string of the molecule is COCCn1nnnc1[C@H](c1cc2cc(OC)ccc2[nH]c1=O)[NH+]1CC[NH+](C)CC1. The van der Waals surface area contributed by atoms with E-state index < -0.39 is 0 Å². The van der Waals surface area contributed by atoms with Crippen molar-refractivity contribution in [1.29, 1.82) is 0 Å². The molecule has 160 valence electrons. The van der Waals surface area contributed by atoms with Crippen LogP contribution in [0.5, 0.6) is 5.75 Å². The minimum Gasteiger partial charge on any atom is -0.497 e. The van der Waals surface area contributed by atoms with Crippen LogP contribution in [0.25, 0.3) is 10.9 Å². The summed E-state index contributed by atoms with van der Waals surface area (Å²) in [7, 11) is 5.48. The highest BCUT2D eigenvalue weighted by Gasteiger charge is 2.36. The van der Waals surface area contributed by atoms with E-state index in [9.17, 15) is 4.79 Å². The summed E-state index contributed by atoms with van der Waals surface area (Å²) in [5, 5.41) is 13.3. The van der Waals surface area contributed by atoms with Gasteiger partial charge >= 0.3 is 0 Å². The van der Waals surface area contributed by atoms with Crippen molar-refractivity contribution in [3.8, 4) is 5.75 Å². The Hall–Kier alpha value is -2.82. The van der Waals surface area contributed by atoms with E-state index in [4.69, 9.17) is 9.47 Å². The number of quaternary nitrogens is 2. The normalized spacial score (nSPS) is 20.4. The minimum absolute atomic E-state index is 0.113. The molecule has 3 heterocycles. The van der Waals surface area contributed by atoms with Crippen LogP contribution in [0.1, 0.15) is 17.4 Å². The van der Waals surface area contributed by atoms with Gasteiger partial charge in [0.2, 0.25) is 5.82 Å². The zero-order chi connectivity index (χ0) is 21.1. The standard InChI is InChI=1S/C20H27N7O3/c1-25-6-8-26(9-7-25)18(19-22-23-24-27(19)10-11-29-2)16-13-14-12-15(30-3)4-5-17(14)21-20(16)28/h4-5,12-13,18H,6-11H2,1-3H3,(H,21,28)/p+2/t18-/m0/s1. The van der Waals surface area contributed by atoms with Gasteiger partial charge in [-0.15, -0.1) is 5.10 Å². The monoisotopic (exact) mass is 415 g/mol. The molecular weight excluding hydrogens is 386 g/mol. The molecule has 0 bridgehead atoms. The molecule has 1 saturated heterocycles. The summed E-state index contributed by atoms with van der Waals surface area (Å²) >= 11 is 0. The molecule has 30 heavy (non-hydrogen) atoms. The molecule has 1 fully saturated rings. The van der Waals surface area contributed by atoms with E-state index in [2.05, 4.69) is 27.6 Å². The first-order chi connectivity index (χ1) is 14.6. The van der Waals surface area contributed by atoms with Crippen LogP contribution in [0.3, 0.4) is 0 Å². The van der Waals surface area contributed by atoms with Crippen molar-refractivity contribution in [2.45, 2.75) is 12.6 Å². The number of rotatable bonds is 7. The lowest BCUT2D eigenvalue weighted by Gasteiger charge is -2.32. The van der Waals surface area contributed by atoms with Crippen LogP contribution in [0.2, 0.25) is 0 Å². The Labute approximate surface area is 174 Å². The smallest absolute Gasteiger partial charge is 0.258 e. The molecule has 0 amide bonds. The molecule has 0 aliphatic carbocycles. The number of pyridine rings is 1. The van der Waals surface area contributed by atoms with Gasteiger partial charge in [0.25, 0.3) is 5.56 Å². The highest BCUT2D eigenvalue weighted by atomic mass is 16.5. The summed E-state index contributed by atoms with van der Waals surface area (Å²) in [6.07, 6.45) is 0. The Bertz CT molecular complexity index is 1060. The molecule has 4 rings (SSSR count). The Morgan fingerprint density at radius 1 is 1.20 bits per heavy atom. The summed E-state index contributed by atoms with van der Waals surface area (Å²) in [5.41, 5.74) is 1.33. The highest BCUT2D eigenvalue weighted by molar-refractivity contribution is 5.80. The van der Waals surface area contributed by atoms with Gasteiger partial charge < -0.3 is 24.3 Å². The predicted molar refractivity (Wildman–Crippen MR) is 110 cm³/mol. The lowest BCUT2D eigenvalue weighted by atomic mass is 10.0. The van der Waals surface area contributed by atoms with E-state index in [0.717, 1.165) is 42.8 Å². The van der Waals surface area contributed by atoms with Crippen LogP contribution in [0.4, 0.5) is 0 Å². The molecule has 3 N–H and O–H groups in total. The van der Waals surface area contributed by atoms with Gasteiger partial charge in [-0.05, 0) is 34.7 Å². The number of fused-ring (bicyclic) bond motifs is 1. The lowest BCUT2D eigenvalue weighted by Crippen LogP contribution is -3.27. The average Bonchev–Trinajstić information content (AvgIpc) is 3.22. The number of H-pyrrole nitrogens is 1. The maximum absolute atomic E-state index is 13.1. The number of nitrogens with one attached hydrogen (secondary N) is 3. The molecule has 0 unspecified atom stereocenters. The van der Waals surface area contributed by atoms with Crippen LogP contribution in [-0.2, 0) is 11.3 Å².